The van der Waals surface area contributed by atoms with Crippen molar-refractivity contribution in [2.75, 3.05) is 38.1 Å². The monoisotopic (exact) mass is 440 g/mol. The second-order valence-electron chi connectivity index (χ2n) is 7.77. The number of aryl methyl sites for hydroxylation is 2. The van der Waals surface area contributed by atoms with Crippen LogP contribution in [-0.2, 0) is 6.54 Å². The molecule has 0 unspecified atom stereocenters. The molecule has 31 heavy (non-hydrogen) atoms. The molecule has 0 aliphatic carbocycles. The fourth-order valence-electron chi connectivity index (χ4n) is 3.93. The number of nitrogens with one attached hydrogen (secondary N) is 2. The number of benzene rings is 1. The van der Waals surface area contributed by atoms with Gasteiger partial charge in [0.05, 0.1) is 21.9 Å². The fourth-order valence-corrected chi connectivity index (χ4v) is 4.22. The molecule has 0 radical (unpaired) electrons. The summed E-state index contributed by atoms with van der Waals surface area (Å²) in [6, 6.07) is 7.61. The summed E-state index contributed by atoms with van der Waals surface area (Å²) in [5, 5.41) is 3.15. The van der Waals surface area contributed by atoms with E-state index in [1.165, 1.54) is 0 Å². The Hall–Kier alpha value is -2.97. The maximum Gasteiger partial charge on any atom is 0.269 e. The van der Waals surface area contributed by atoms with Crippen LogP contribution in [0.1, 0.15) is 27.4 Å². The smallest absolute Gasteiger partial charge is 0.269 e. The number of amides is 1. The van der Waals surface area contributed by atoms with Crippen molar-refractivity contribution in [1.29, 1.82) is 0 Å². The maximum absolute atomic E-state index is 11.9. The highest BCUT2D eigenvalue weighted by molar-refractivity contribution is 6.34. The second-order valence-corrected chi connectivity index (χ2v) is 8.18. The van der Waals surface area contributed by atoms with Gasteiger partial charge in [0.25, 0.3) is 11.5 Å². The standard InChI is InChI=1S/C22H25ClN6O2/c1-13-19(5-4-17(25-13)22(31)24-3)29-8-6-28(7-9-29)12-15-10-16(23)20-18(11-15)27-21(30)14(2)26-20/h4-5,10-11H,6-9,12H2,1-3H3,(H,24,31)(H,27,30). The SMILES string of the molecule is CNC(=O)c1ccc(N2CCN(Cc3cc(Cl)c4nc(C)c(=O)[nH]c4c3)CC2)c(C)n1. The molecule has 2 N–H and O–H groups in total. The number of carbonyl (C=O) groups is 1. The molecule has 4 rings (SSSR count). The van der Waals surface area contributed by atoms with E-state index in [0.29, 0.717) is 27.4 Å². The van der Waals surface area contributed by atoms with Crippen LogP contribution in [0.25, 0.3) is 11.0 Å². The van der Waals surface area contributed by atoms with Crippen LogP contribution in [-0.4, -0.2) is 59.0 Å². The minimum atomic E-state index is -0.194. The summed E-state index contributed by atoms with van der Waals surface area (Å²) in [6.45, 7) is 7.84. The highest BCUT2D eigenvalue weighted by Crippen LogP contribution is 2.24. The third-order valence-electron chi connectivity index (χ3n) is 5.62. The molecule has 1 fully saturated rings. The van der Waals surface area contributed by atoms with Gasteiger partial charge in [-0.05, 0) is 43.7 Å². The third kappa shape index (κ3) is 4.40. The lowest BCUT2D eigenvalue weighted by atomic mass is 10.1. The predicted molar refractivity (Wildman–Crippen MR) is 122 cm³/mol. The van der Waals surface area contributed by atoms with Gasteiger partial charge in [-0.2, -0.15) is 0 Å². The number of pyridine rings is 1. The first kappa shape index (κ1) is 21.3. The molecule has 1 aliphatic rings. The molecule has 0 spiro atoms. The molecule has 1 aromatic carbocycles. The lowest BCUT2D eigenvalue weighted by Gasteiger charge is -2.36. The summed E-state index contributed by atoms with van der Waals surface area (Å²) in [6.07, 6.45) is 0. The molecule has 0 saturated carbocycles. The quantitative estimate of drug-likeness (QED) is 0.646. The van der Waals surface area contributed by atoms with Crippen LogP contribution in [0.2, 0.25) is 5.02 Å². The highest BCUT2D eigenvalue weighted by atomic mass is 35.5. The molecule has 1 aliphatic heterocycles. The normalized spacial score (nSPS) is 14.8. The fraction of sp³-hybridized carbons (Fsp3) is 0.364. The molecular formula is C22H25ClN6O2. The van der Waals surface area contributed by atoms with Crippen LogP contribution in [0, 0.1) is 13.8 Å². The average molecular weight is 441 g/mol. The van der Waals surface area contributed by atoms with Gasteiger partial charge in [0, 0.05) is 39.8 Å². The van der Waals surface area contributed by atoms with Crippen molar-refractivity contribution >= 4 is 34.2 Å². The zero-order valence-electron chi connectivity index (χ0n) is 17.8. The van der Waals surface area contributed by atoms with E-state index in [0.717, 1.165) is 49.7 Å². The van der Waals surface area contributed by atoms with Gasteiger partial charge in [-0.15, -0.1) is 0 Å². The van der Waals surface area contributed by atoms with Crippen molar-refractivity contribution in [1.82, 2.24) is 25.2 Å². The second kappa shape index (κ2) is 8.64. The zero-order valence-corrected chi connectivity index (χ0v) is 18.6. The Labute approximate surface area is 185 Å². The van der Waals surface area contributed by atoms with Crippen LogP contribution in [0.3, 0.4) is 0 Å². The summed E-state index contributed by atoms with van der Waals surface area (Å²) in [7, 11) is 1.60. The Morgan fingerprint density at radius 1 is 1.13 bits per heavy atom. The van der Waals surface area contributed by atoms with Crippen molar-refractivity contribution in [2.45, 2.75) is 20.4 Å². The summed E-state index contributed by atoms with van der Waals surface area (Å²) in [4.78, 5) is 40.0. The number of rotatable bonds is 4. The number of hydrogen-bond acceptors (Lipinski definition) is 6. The molecule has 162 valence electrons. The Kier molecular flexibility index (Phi) is 5.93. The summed E-state index contributed by atoms with van der Waals surface area (Å²) < 4.78 is 0. The Morgan fingerprint density at radius 3 is 2.55 bits per heavy atom. The van der Waals surface area contributed by atoms with Crippen molar-refractivity contribution in [2.24, 2.45) is 0 Å². The molecule has 9 heteroatoms. The number of H-pyrrole nitrogens is 1. The number of halogens is 1. The van der Waals surface area contributed by atoms with E-state index in [-0.39, 0.29) is 11.5 Å². The maximum atomic E-state index is 11.9. The third-order valence-corrected chi connectivity index (χ3v) is 5.90. The molecule has 1 saturated heterocycles. The van der Waals surface area contributed by atoms with Crippen molar-refractivity contribution < 1.29 is 4.79 Å². The number of aromatic amines is 1. The predicted octanol–water partition coefficient (Wildman–Crippen LogP) is 2.27. The minimum Gasteiger partial charge on any atom is -0.368 e. The number of hydrogen-bond donors (Lipinski definition) is 2. The zero-order chi connectivity index (χ0) is 22.1. The van der Waals surface area contributed by atoms with E-state index >= 15 is 0 Å². The van der Waals surface area contributed by atoms with Gasteiger partial charge in [-0.1, -0.05) is 11.6 Å². The van der Waals surface area contributed by atoms with Crippen LogP contribution in [0.5, 0.6) is 0 Å². The van der Waals surface area contributed by atoms with Crippen LogP contribution < -0.4 is 15.8 Å². The summed E-state index contributed by atoms with van der Waals surface area (Å²) in [5.74, 6) is -0.180. The molecule has 0 bridgehead atoms. The van der Waals surface area contributed by atoms with E-state index in [1.54, 1.807) is 20.0 Å². The van der Waals surface area contributed by atoms with Gasteiger partial charge in [-0.25, -0.2) is 9.97 Å². The van der Waals surface area contributed by atoms with Gasteiger partial charge in [0.1, 0.15) is 16.9 Å². The molecule has 0 atom stereocenters. The molecule has 1 amide bonds. The Bertz CT molecular complexity index is 1200. The topological polar surface area (TPSA) is 94.2 Å². The lowest BCUT2D eigenvalue weighted by molar-refractivity contribution is 0.0958. The largest absolute Gasteiger partial charge is 0.368 e. The number of carbonyl (C=O) groups excluding carboxylic acids is 1. The van der Waals surface area contributed by atoms with Crippen molar-refractivity contribution in [3.05, 3.63) is 62.3 Å². The van der Waals surface area contributed by atoms with E-state index in [2.05, 4.69) is 30.1 Å². The van der Waals surface area contributed by atoms with Gasteiger partial charge in [0.15, 0.2) is 0 Å². The molecule has 2 aromatic heterocycles. The first-order chi connectivity index (χ1) is 14.9. The Balaban J connectivity index is 1.44. The Morgan fingerprint density at radius 2 is 1.87 bits per heavy atom. The van der Waals surface area contributed by atoms with Crippen molar-refractivity contribution in [3.8, 4) is 0 Å². The lowest BCUT2D eigenvalue weighted by Crippen LogP contribution is -2.46. The molecule has 3 aromatic rings. The van der Waals surface area contributed by atoms with Gasteiger partial charge in [0.2, 0.25) is 0 Å². The average Bonchev–Trinajstić information content (AvgIpc) is 2.75. The van der Waals surface area contributed by atoms with Gasteiger partial charge in [-0.3, -0.25) is 14.5 Å². The van der Waals surface area contributed by atoms with E-state index in [4.69, 9.17) is 11.6 Å². The minimum absolute atomic E-state index is 0.180. The molecule has 3 heterocycles. The van der Waals surface area contributed by atoms with Crippen LogP contribution in [0.15, 0.2) is 29.1 Å². The highest BCUT2D eigenvalue weighted by Gasteiger charge is 2.20. The summed E-state index contributed by atoms with van der Waals surface area (Å²) in [5.41, 5.74) is 4.87. The number of fused-ring (bicyclic) bond motifs is 1. The van der Waals surface area contributed by atoms with Gasteiger partial charge >= 0.3 is 0 Å². The van der Waals surface area contributed by atoms with E-state index in [1.807, 2.05) is 25.1 Å². The molecule has 8 nitrogen and oxygen atoms in total. The van der Waals surface area contributed by atoms with Crippen LogP contribution in [0.4, 0.5) is 5.69 Å². The summed E-state index contributed by atoms with van der Waals surface area (Å²) >= 11 is 6.42. The van der Waals surface area contributed by atoms with Crippen molar-refractivity contribution in [3.63, 3.8) is 0 Å². The number of aromatic nitrogens is 3. The van der Waals surface area contributed by atoms with Crippen LogP contribution >= 0.6 is 11.6 Å². The first-order valence-electron chi connectivity index (χ1n) is 10.2. The van der Waals surface area contributed by atoms with Gasteiger partial charge < -0.3 is 15.2 Å². The van der Waals surface area contributed by atoms with E-state index < -0.39 is 0 Å². The number of nitrogens with zero attached hydrogens (tertiary/aromatic N) is 4. The van der Waals surface area contributed by atoms with E-state index in [9.17, 15) is 9.59 Å². The number of anilines is 1. The number of piperazine rings is 1. The molecular weight excluding hydrogens is 416 g/mol. The first-order valence-corrected chi connectivity index (χ1v) is 10.6.